The lowest BCUT2D eigenvalue weighted by Gasteiger charge is -2.18. The van der Waals surface area contributed by atoms with Crippen LogP contribution in [0.4, 0.5) is 0 Å². The molecule has 0 amide bonds. The van der Waals surface area contributed by atoms with Gasteiger partial charge in [0.2, 0.25) is 0 Å². The molecule has 1 unspecified atom stereocenters. The molecule has 0 spiro atoms. The van der Waals surface area contributed by atoms with Crippen LogP contribution in [-0.2, 0) is 28.6 Å². The van der Waals surface area contributed by atoms with Gasteiger partial charge in [0, 0.05) is 19.3 Å². The van der Waals surface area contributed by atoms with Gasteiger partial charge in [0.05, 0.1) is 0 Å². The van der Waals surface area contributed by atoms with E-state index in [2.05, 4.69) is 112 Å². The van der Waals surface area contributed by atoms with Crippen molar-refractivity contribution in [2.45, 2.75) is 271 Å². The van der Waals surface area contributed by atoms with Gasteiger partial charge in [-0.3, -0.25) is 14.4 Å². The second-order valence-corrected chi connectivity index (χ2v) is 18.8. The monoisotopic (exact) mass is 959 g/mol. The molecule has 0 fully saturated rings. The van der Waals surface area contributed by atoms with Crippen molar-refractivity contribution in [2.24, 2.45) is 0 Å². The van der Waals surface area contributed by atoms with Gasteiger partial charge in [-0.2, -0.15) is 0 Å². The molecule has 0 rings (SSSR count). The highest BCUT2D eigenvalue weighted by molar-refractivity contribution is 5.71. The summed E-state index contributed by atoms with van der Waals surface area (Å²) in [7, 11) is 0. The van der Waals surface area contributed by atoms with E-state index in [4.69, 9.17) is 14.2 Å². The molecule has 0 saturated carbocycles. The Morgan fingerprint density at radius 2 is 0.594 bits per heavy atom. The van der Waals surface area contributed by atoms with Gasteiger partial charge in [-0.15, -0.1) is 0 Å². The average Bonchev–Trinajstić information content (AvgIpc) is 3.35. The summed E-state index contributed by atoms with van der Waals surface area (Å²) < 4.78 is 16.8. The SMILES string of the molecule is CC/C=C\C/C=C\C/C=C\C/C=C\C/C=C\CCC(=O)OCC(COC(=O)CCCCCCC/C=C\CCCCCCCCCCC)OC(=O)CCCCCCCCC/C=C\C/C=C\CCCCC. The van der Waals surface area contributed by atoms with E-state index in [0.29, 0.717) is 19.3 Å². The summed E-state index contributed by atoms with van der Waals surface area (Å²) in [5, 5.41) is 0. The predicted octanol–water partition coefficient (Wildman–Crippen LogP) is 19.3. The molecule has 0 bridgehead atoms. The number of ether oxygens (including phenoxy) is 3. The summed E-state index contributed by atoms with van der Waals surface area (Å²) >= 11 is 0. The third kappa shape index (κ3) is 55.1. The molecule has 0 aromatic rings. The number of esters is 3. The van der Waals surface area contributed by atoms with Crippen LogP contribution in [0.3, 0.4) is 0 Å². The second-order valence-electron chi connectivity index (χ2n) is 18.8. The van der Waals surface area contributed by atoms with Crippen molar-refractivity contribution in [3.05, 3.63) is 97.2 Å². The number of carbonyl (C=O) groups is 3. The summed E-state index contributed by atoms with van der Waals surface area (Å²) in [5.41, 5.74) is 0. The van der Waals surface area contributed by atoms with Crippen molar-refractivity contribution in [2.75, 3.05) is 13.2 Å². The van der Waals surface area contributed by atoms with Gasteiger partial charge in [-0.25, -0.2) is 0 Å². The van der Waals surface area contributed by atoms with E-state index >= 15 is 0 Å². The van der Waals surface area contributed by atoms with Gasteiger partial charge >= 0.3 is 17.9 Å². The first-order valence-electron chi connectivity index (χ1n) is 28.7. The van der Waals surface area contributed by atoms with Gasteiger partial charge in [0.1, 0.15) is 13.2 Å². The Bertz CT molecular complexity index is 1380. The number of unbranched alkanes of at least 4 members (excludes halogenated alkanes) is 24. The minimum atomic E-state index is -0.816. The summed E-state index contributed by atoms with van der Waals surface area (Å²) in [6, 6.07) is 0. The highest BCUT2D eigenvalue weighted by Crippen LogP contribution is 2.14. The first kappa shape index (κ1) is 65.3. The molecule has 0 aromatic carbocycles. The third-order valence-electron chi connectivity index (χ3n) is 12.1. The average molecular weight is 960 g/mol. The number of allylic oxidation sites excluding steroid dienone is 16. The number of carbonyl (C=O) groups excluding carboxylic acids is 3. The number of hydrogen-bond acceptors (Lipinski definition) is 6. The second kappa shape index (κ2) is 56.9. The molecule has 0 aliphatic carbocycles. The van der Waals surface area contributed by atoms with Crippen molar-refractivity contribution in [1.82, 2.24) is 0 Å². The predicted molar refractivity (Wildman–Crippen MR) is 297 cm³/mol. The van der Waals surface area contributed by atoms with Crippen LogP contribution in [-0.4, -0.2) is 37.2 Å². The summed E-state index contributed by atoms with van der Waals surface area (Å²) in [5.74, 6) is -1.01. The Kier molecular flexibility index (Phi) is 53.9. The first-order chi connectivity index (χ1) is 34.0. The van der Waals surface area contributed by atoms with E-state index in [1.807, 2.05) is 6.08 Å². The summed E-state index contributed by atoms with van der Waals surface area (Å²) in [6.45, 7) is 6.43. The minimum Gasteiger partial charge on any atom is -0.462 e. The van der Waals surface area contributed by atoms with Crippen molar-refractivity contribution in [1.29, 1.82) is 0 Å². The Hall–Kier alpha value is -3.67. The Morgan fingerprint density at radius 1 is 0.304 bits per heavy atom. The molecule has 0 aromatic heterocycles. The van der Waals surface area contributed by atoms with Crippen LogP contribution >= 0.6 is 0 Å². The van der Waals surface area contributed by atoms with Crippen LogP contribution in [0.25, 0.3) is 0 Å². The van der Waals surface area contributed by atoms with E-state index in [1.165, 1.54) is 122 Å². The smallest absolute Gasteiger partial charge is 0.306 e. The van der Waals surface area contributed by atoms with Gasteiger partial charge in [-0.05, 0) is 109 Å². The maximum atomic E-state index is 12.9. The molecule has 0 heterocycles. The molecule has 0 aliphatic heterocycles. The maximum absolute atomic E-state index is 12.9. The van der Waals surface area contributed by atoms with Crippen molar-refractivity contribution in [3.8, 4) is 0 Å². The Balaban J connectivity index is 4.50. The van der Waals surface area contributed by atoms with Gasteiger partial charge in [-0.1, -0.05) is 234 Å². The Morgan fingerprint density at radius 3 is 1.01 bits per heavy atom. The molecule has 0 aliphatic rings. The lowest BCUT2D eigenvalue weighted by Crippen LogP contribution is -2.30. The summed E-state index contributed by atoms with van der Waals surface area (Å²) in [4.78, 5) is 38.1. The molecule has 0 radical (unpaired) electrons. The maximum Gasteiger partial charge on any atom is 0.306 e. The zero-order valence-electron chi connectivity index (χ0n) is 45.0. The van der Waals surface area contributed by atoms with Gasteiger partial charge in [0.25, 0.3) is 0 Å². The fourth-order valence-electron chi connectivity index (χ4n) is 7.75. The highest BCUT2D eigenvalue weighted by atomic mass is 16.6. The molecule has 1 atom stereocenters. The summed E-state index contributed by atoms with van der Waals surface area (Å²) in [6.07, 6.45) is 75.5. The third-order valence-corrected chi connectivity index (χ3v) is 12.1. The van der Waals surface area contributed by atoms with Gasteiger partial charge in [0.15, 0.2) is 6.10 Å². The zero-order chi connectivity index (χ0) is 50.0. The first-order valence-corrected chi connectivity index (χ1v) is 28.7. The van der Waals surface area contributed by atoms with Crippen molar-refractivity contribution in [3.63, 3.8) is 0 Å². The van der Waals surface area contributed by atoms with Crippen LogP contribution in [0.15, 0.2) is 97.2 Å². The standard InChI is InChI=1S/C63H106O6/c1-4-7-10-13-16-19-22-25-28-31-33-35-38-41-44-47-50-53-56-62(65)68-59-60(58-67-61(64)55-52-49-46-43-40-37-34-30-27-24-21-18-15-12-9-6-3)69-63(66)57-54-51-48-45-42-39-36-32-29-26-23-20-17-14-11-8-5-2/h9,12,17-18,20-21,26-27,29-30,33,35,37,40,46,49,60H,4-8,10-11,13-16,19,22-25,28,31-32,34,36,38-39,41-45,47-48,50-59H2,1-3H3/b12-9-,20-17-,21-18-,29-26-,30-27-,35-33-,40-37-,49-46-. The fourth-order valence-corrected chi connectivity index (χ4v) is 7.75. The minimum absolute atomic E-state index is 0.108. The van der Waals surface area contributed by atoms with Crippen molar-refractivity contribution < 1.29 is 28.6 Å². The Labute approximate surface area is 426 Å². The van der Waals surface area contributed by atoms with Crippen molar-refractivity contribution >= 4 is 17.9 Å². The largest absolute Gasteiger partial charge is 0.462 e. The van der Waals surface area contributed by atoms with Crippen LogP contribution in [0.2, 0.25) is 0 Å². The molecular formula is C63H106O6. The molecule has 0 N–H and O–H groups in total. The lowest BCUT2D eigenvalue weighted by molar-refractivity contribution is -0.166. The normalized spacial score (nSPS) is 12.8. The van der Waals surface area contributed by atoms with E-state index in [0.717, 1.165) is 96.3 Å². The zero-order valence-corrected chi connectivity index (χ0v) is 45.0. The van der Waals surface area contributed by atoms with Crippen LogP contribution in [0, 0.1) is 0 Å². The number of rotatable bonds is 51. The highest BCUT2D eigenvalue weighted by Gasteiger charge is 2.19. The lowest BCUT2D eigenvalue weighted by atomic mass is 10.1. The molecule has 6 heteroatoms. The topological polar surface area (TPSA) is 78.9 Å². The van der Waals surface area contributed by atoms with E-state index in [-0.39, 0.29) is 37.5 Å². The van der Waals surface area contributed by atoms with E-state index in [9.17, 15) is 14.4 Å². The molecule has 69 heavy (non-hydrogen) atoms. The molecule has 394 valence electrons. The van der Waals surface area contributed by atoms with E-state index < -0.39 is 6.10 Å². The molecule has 6 nitrogen and oxygen atoms in total. The van der Waals surface area contributed by atoms with Gasteiger partial charge < -0.3 is 14.2 Å². The van der Waals surface area contributed by atoms with E-state index in [1.54, 1.807) is 0 Å². The van der Waals surface area contributed by atoms with Crippen LogP contribution in [0.1, 0.15) is 265 Å². The molecule has 0 saturated heterocycles. The quantitative estimate of drug-likeness (QED) is 0.0262. The molecular weight excluding hydrogens is 853 g/mol. The fraction of sp³-hybridized carbons (Fsp3) is 0.698. The van der Waals surface area contributed by atoms with Crippen LogP contribution in [0.5, 0.6) is 0 Å². The van der Waals surface area contributed by atoms with Crippen LogP contribution < -0.4 is 0 Å². The number of hydrogen-bond donors (Lipinski definition) is 0.